The van der Waals surface area contributed by atoms with Crippen LogP contribution in [0, 0.1) is 13.8 Å². The second-order valence-corrected chi connectivity index (χ2v) is 9.24. The Morgan fingerprint density at radius 1 is 0.933 bits per heavy atom. The van der Waals surface area contributed by atoms with E-state index in [0.717, 1.165) is 30.2 Å². The van der Waals surface area contributed by atoms with E-state index in [0.29, 0.717) is 17.1 Å². The Kier molecular flexibility index (Phi) is 5.72. The van der Waals surface area contributed by atoms with Gasteiger partial charge in [0.1, 0.15) is 4.90 Å². The van der Waals surface area contributed by atoms with Crippen molar-refractivity contribution >= 4 is 21.5 Å². The molecular formula is C21H26N6O2S. The van der Waals surface area contributed by atoms with Gasteiger partial charge in [-0.3, -0.25) is 9.82 Å². The van der Waals surface area contributed by atoms with E-state index in [1.54, 1.807) is 26.0 Å². The molecule has 1 fully saturated rings. The highest BCUT2D eigenvalue weighted by Crippen LogP contribution is 2.24. The number of aryl methyl sites for hydroxylation is 2. The van der Waals surface area contributed by atoms with Crippen molar-refractivity contribution in [3.63, 3.8) is 0 Å². The fraction of sp³-hybridized carbons (Fsp3) is 0.381. The van der Waals surface area contributed by atoms with Gasteiger partial charge >= 0.3 is 0 Å². The lowest BCUT2D eigenvalue weighted by Crippen LogP contribution is -2.25. The minimum atomic E-state index is -3.71. The van der Waals surface area contributed by atoms with E-state index >= 15 is 0 Å². The smallest absolute Gasteiger partial charge is 0.265 e. The third kappa shape index (κ3) is 4.30. The first kappa shape index (κ1) is 20.3. The van der Waals surface area contributed by atoms with Crippen molar-refractivity contribution in [3.05, 3.63) is 47.8 Å². The molecule has 0 amide bonds. The second-order valence-electron chi connectivity index (χ2n) is 7.62. The van der Waals surface area contributed by atoms with Crippen LogP contribution in [0.5, 0.6) is 0 Å². The summed E-state index contributed by atoms with van der Waals surface area (Å²) in [6, 6.07) is 11.1. The molecule has 3 aromatic rings. The standard InChI is InChI=1S/C21H26N6O2S/c1-15-21(16(2)23-22-15)30(28,29)26-18-9-7-17(8-10-18)19-11-12-20(25-24-19)27-13-5-3-4-6-14-27/h7-12,26H,3-6,13-14H2,1-2H3,(H,22,23). The summed E-state index contributed by atoms with van der Waals surface area (Å²) >= 11 is 0. The third-order valence-electron chi connectivity index (χ3n) is 5.34. The predicted octanol–water partition coefficient (Wildman–Crippen LogP) is 3.66. The van der Waals surface area contributed by atoms with Crippen molar-refractivity contribution in [2.45, 2.75) is 44.4 Å². The van der Waals surface area contributed by atoms with Crippen LogP contribution in [-0.2, 0) is 10.0 Å². The maximum Gasteiger partial charge on any atom is 0.265 e. The maximum absolute atomic E-state index is 12.7. The molecule has 0 unspecified atom stereocenters. The van der Waals surface area contributed by atoms with Gasteiger partial charge in [-0.25, -0.2) is 8.42 Å². The van der Waals surface area contributed by atoms with Crippen LogP contribution in [0.4, 0.5) is 11.5 Å². The number of anilines is 2. The van der Waals surface area contributed by atoms with Crippen LogP contribution in [0.2, 0.25) is 0 Å². The number of hydrogen-bond donors (Lipinski definition) is 2. The molecule has 1 aliphatic rings. The number of aromatic nitrogens is 4. The number of sulfonamides is 1. The van der Waals surface area contributed by atoms with Gasteiger partial charge in [-0.05, 0) is 51.0 Å². The van der Waals surface area contributed by atoms with E-state index in [2.05, 4.69) is 30.0 Å². The van der Waals surface area contributed by atoms with Crippen LogP contribution < -0.4 is 9.62 Å². The van der Waals surface area contributed by atoms with Crippen LogP contribution in [0.3, 0.4) is 0 Å². The van der Waals surface area contributed by atoms with Crippen LogP contribution in [0.1, 0.15) is 37.1 Å². The zero-order chi connectivity index (χ0) is 21.1. The SMILES string of the molecule is Cc1n[nH]c(C)c1S(=O)(=O)Nc1ccc(-c2ccc(N3CCCCCC3)nn2)cc1. The minimum absolute atomic E-state index is 0.182. The largest absolute Gasteiger partial charge is 0.355 e. The van der Waals surface area contributed by atoms with Gasteiger partial charge in [0.25, 0.3) is 10.0 Å². The zero-order valence-electron chi connectivity index (χ0n) is 17.2. The van der Waals surface area contributed by atoms with Gasteiger partial charge in [0.05, 0.1) is 17.1 Å². The van der Waals surface area contributed by atoms with Gasteiger partial charge < -0.3 is 4.90 Å². The molecule has 1 saturated heterocycles. The van der Waals surface area contributed by atoms with Crippen molar-refractivity contribution < 1.29 is 8.42 Å². The molecule has 0 radical (unpaired) electrons. The fourth-order valence-electron chi connectivity index (χ4n) is 3.80. The van der Waals surface area contributed by atoms with Gasteiger partial charge in [0.2, 0.25) is 0 Å². The first-order valence-corrected chi connectivity index (χ1v) is 11.7. The van der Waals surface area contributed by atoms with Gasteiger partial charge in [-0.2, -0.15) is 5.10 Å². The topological polar surface area (TPSA) is 104 Å². The molecule has 0 saturated carbocycles. The Morgan fingerprint density at radius 2 is 1.63 bits per heavy atom. The van der Waals surface area contributed by atoms with Crippen molar-refractivity contribution in [3.8, 4) is 11.3 Å². The van der Waals surface area contributed by atoms with Crippen molar-refractivity contribution in [1.82, 2.24) is 20.4 Å². The summed E-state index contributed by atoms with van der Waals surface area (Å²) in [6.07, 6.45) is 4.94. The first-order chi connectivity index (χ1) is 14.4. The Balaban J connectivity index is 1.48. The molecule has 1 aromatic carbocycles. The summed E-state index contributed by atoms with van der Waals surface area (Å²) in [5, 5.41) is 15.5. The third-order valence-corrected chi connectivity index (χ3v) is 6.99. The fourth-order valence-corrected chi connectivity index (χ4v) is 5.23. The lowest BCUT2D eigenvalue weighted by Gasteiger charge is -2.20. The highest BCUT2D eigenvalue weighted by Gasteiger charge is 2.22. The molecule has 1 aliphatic heterocycles. The van der Waals surface area contributed by atoms with Crippen molar-refractivity contribution in [2.24, 2.45) is 0 Å². The van der Waals surface area contributed by atoms with Crippen LogP contribution >= 0.6 is 0 Å². The number of H-pyrrole nitrogens is 1. The van der Waals surface area contributed by atoms with Crippen LogP contribution in [0.25, 0.3) is 11.3 Å². The molecule has 9 heteroatoms. The van der Waals surface area contributed by atoms with E-state index < -0.39 is 10.0 Å². The van der Waals surface area contributed by atoms with Gasteiger partial charge in [-0.15, -0.1) is 10.2 Å². The second kappa shape index (κ2) is 8.43. The Hall–Kier alpha value is -2.94. The summed E-state index contributed by atoms with van der Waals surface area (Å²) in [4.78, 5) is 2.48. The summed E-state index contributed by atoms with van der Waals surface area (Å²) < 4.78 is 28.0. The summed E-state index contributed by atoms with van der Waals surface area (Å²) in [5.74, 6) is 0.913. The Bertz CT molecular complexity index is 1080. The zero-order valence-corrected chi connectivity index (χ0v) is 18.0. The molecule has 0 atom stereocenters. The number of benzene rings is 1. The molecule has 158 valence electrons. The van der Waals surface area contributed by atoms with Crippen molar-refractivity contribution in [1.29, 1.82) is 0 Å². The van der Waals surface area contributed by atoms with E-state index in [4.69, 9.17) is 0 Å². The molecule has 4 rings (SSSR count). The molecule has 30 heavy (non-hydrogen) atoms. The number of hydrogen-bond acceptors (Lipinski definition) is 6. The molecule has 3 heterocycles. The average Bonchev–Trinajstić information content (AvgIpc) is 2.93. The van der Waals surface area contributed by atoms with E-state index in [1.807, 2.05) is 24.3 Å². The minimum Gasteiger partial charge on any atom is -0.355 e. The molecule has 2 aromatic heterocycles. The lowest BCUT2D eigenvalue weighted by atomic mass is 10.1. The van der Waals surface area contributed by atoms with Gasteiger partial charge in [0, 0.05) is 24.3 Å². The average molecular weight is 427 g/mol. The van der Waals surface area contributed by atoms with E-state index in [-0.39, 0.29) is 4.90 Å². The molecule has 0 spiro atoms. The summed E-state index contributed by atoms with van der Waals surface area (Å²) in [5.41, 5.74) is 3.06. The van der Waals surface area contributed by atoms with Crippen LogP contribution in [0.15, 0.2) is 41.3 Å². The monoisotopic (exact) mass is 426 g/mol. The molecular weight excluding hydrogens is 400 g/mol. The van der Waals surface area contributed by atoms with Crippen molar-refractivity contribution in [2.75, 3.05) is 22.7 Å². The van der Waals surface area contributed by atoms with E-state index in [1.165, 1.54) is 25.7 Å². The lowest BCUT2D eigenvalue weighted by molar-refractivity contribution is 0.600. The first-order valence-electron chi connectivity index (χ1n) is 10.2. The number of rotatable bonds is 5. The van der Waals surface area contributed by atoms with Gasteiger partial charge in [0.15, 0.2) is 5.82 Å². The molecule has 2 N–H and O–H groups in total. The highest BCUT2D eigenvalue weighted by atomic mass is 32.2. The predicted molar refractivity (Wildman–Crippen MR) is 117 cm³/mol. The van der Waals surface area contributed by atoms with Crippen LogP contribution in [-0.4, -0.2) is 41.9 Å². The molecule has 0 aliphatic carbocycles. The maximum atomic E-state index is 12.7. The molecule has 0 bridgehead atoms. The number of nitrogens with one attached hydrogen (secondary N) is 2. The van der Waals surface area contributed by atoms with Gasteiger partial charge in [-0.1, -0.05) is 25.0 Å². The van der Waals surface area contributed by atoms with E-state index in [9.17, 15) is 8.42 Å². The Morgan fingerprint density at radius 3 is 2.20 bits per heavy atom. The summed E-state index contributed by atoms with van der Waals surface area (Å²) in [7, 11) is -3.71. The Labute approximate surface area is 176 Å². The quantitative estimate of drug-likeness (QED) is 0.645. The normalized spacial score (nSPS) is 15.1. The number of aromatic amines is 1. The number of nitrogens with zero attached hydrogens (tertiary/aromatic N) is 4. The highest BCUT2D eigenvalue weighted by molar-refractivity contribution is 7.92. The summed E-state index contributed by atoms with van der Waals surface area (Å²) in [6.45, 7) is 5.40. The molecule has 8 nitrogen and oxygen atoms in total.